The van der Waals surface area contributed by atoms with Gasteiger partial charge in [0.2, 0.25) is 0 Å². The van der Waals surface area contributed by atoms with Crippen LogP contribution >= 0.6 is 0 Å². The van der Waals surface area contributed by atoms with Gasteiger partial charge in [-0.05, 0) is 91.9 Å². The fourth-order valence-corrected chi connectivity index (χ4v) is 5.11. The Bertz CT molecular complexity index is 1310. The number of carbonyl (C=O) groups is 2. The molecule has 3 heterocycles. The van der Waals surface area contributed by atoms with Crippen molar-refractivity contribution < 1.29 is 19.4 Å². The van der Waals surface area contributed by atoms with Gasteiger partial charge in [-0.25, -0.2) is 0 Å². The summed E-state index contributed by atoms with van der Waals surface area (Å²) >= 11 is 0. The highest BCUT2D eigenvalue weighted by Crippen LogP contribution is 2.43. The third kappa shape index (κ3) is 4.21. The van der Waals surface area contributed by atoms with E-state index in [2.05, 4.69) is 9.88 Å². The summed E-state index contributed by atoms with van der Waals surface area (Å²) in [7, 11) is 1.57. The van der Waals surface area contributed by atoms with Gasteiger partial charge < -0.3 is 14.7 Å². The molecule has 0 aliphatic carbocycles. The average molecular weight is 484 g/mol. The number of ketones is 1. The number of pyridine rings is 1. The highest BCUT2D eigenvalue weighted by molar-refractivity contribution is 6.51. The van der Waals surface area contributed by atoms with E-state index in [-0.39, 0.29) is 11.3 Å². The number of aliphatic hydroxyl groups is 1. The van der Waals surface area contributed by atoms with Crippen molar-refractivity contribution in [2.45, 2.75) is 32.2 Å². The zero-order valence-electron chi connectivity index (χ0n) is 20.5. The molecule has 1 amide bonds. The molecule has 7 nitrogen and oxygen atoms in total. The summed E-state index contributed by atoms with van der Waals surface area (Å²) in [5.74, 6) is -0.952. The number of nitrogens with zero attached hydrogens (tertiary/aromatic N) is 3. The number of Topliss-reactive ketones (excluding diaryl/α,β-unsaturated/α-hetero) is 1. The van der Waals surface area contributed by atoms with Gasteiger partial charge in [-0.1, -0.05) is 0 Å². The lowest BCUT2D eigenvalue weighted by Crippen LogP contribution is -2.30. The molecule has 1 unspecified atom stereocenters. The number of methoxy groups -OCH3 is 1. The Morgan fingerprint density at radius 1 is 0.944 bits per heavy atom. The van der Waals surface area contributed by atoms with Crippen LogP contribution in [0.25, 0.3) is 5.76 Å². The third-order valence-electron chi connectivity index (χ3n) is 7.00. The third-order valence-corrected chi connectivity index (χ3v) is 7.00. The predicted octanol–water partition coefficient (Wildman–Crippen LogP) is 5.02. The van der Waals surface area contributed by atoms with Crippen LogP contribution in [-0.4, -0.2) is 42.0 Å². The van der Waals surface area contributed by atoms with E-state index in [9.17, 15) is 14.7 Å². The van der Waals surface area contributed by atoms with Crippen LogP contribution in [0.2, 0.25) is 0 Å². The largest absolute Gasteiger partial charge is 0.507 e. The number of anilines is 2. The molecule has 0 saturated carbocycles. The van der Waals surface area contributed by atoms with Crippen LogP contribution in [-0.2, 0) is 9.59 Å². The number of aliphatic hydroxyl groups excluding tert-OH is 1. The molecule has 1 atom stereocenters. The molecule has 7 heteroatoms. The first kappa shape index (κ1) is 23.6. The van der Waals surface area contributed by atoms with E-state index < -0.39 is 17.7 Å². The minimum absolute atomic E-state index is 0.0552. The number of rotatable bonds is 5. The van der Waals surface area contributed by atoms with Crippen LogP contribution in [0.1, 0.15) is 42.0 Å². The minimum Gasteiger partial charge on any atom is -0.507 e. The van der Waals surface area contributed by atoms with Crippen molar-refractivity contribution in [1.82, 2.24) is 4.98 Å². The Hall–Kier alpha value is -4.13. The number of carbonyl (C=O) groups excluding carboxylic acids is 2. The van der Waals surface area contributed by atoms with Crippen molar-refractivity contribution >= 4 is 28.8 Å². The zero-order valence-corrected chi connectivity index (χ0v) is 20.5. The van der Waals surface area contributed by atoms with Crippen LogP contribution in [0.4, 0.5) is 11.4 Å². The SMILES string of the molecule is COc1ccc(/C(O)=C2/C(=O)C(=O)N(c3ccc(N4CCCCC4)cc3)C2c2ccncc2)c(C)c1. The standard InChI is InChI=1S/C29H29N3O4/c1-19-18-23(36-2)10-11-24(19)27(33)25-26(20-12-14-30-15-13-20)32(29(35)28(25)34)22-8-6-21(7-9-22)31-16-4-3-5-17-31/h6-15,18,26,33H,3-5,16-17H2,1-2H3/b27-25-. The molecular weight excluding hydrogens is 454 g/mol. The van der Waals surface area contributed by atoms with Crippen molar-refractivity contribution in [3.63, 3.8) is 0 Å². The molecule has 0 spiro atoms. The fraction of sp³-hybridized carbons (Fsp3) is 0.276. The second kappa shape index (κ2) is 9.85. The first-order valence-corrected chi connectivity index (χ1v) is 12.2. The summed E-state index contributed by atoms with van der Waals surface area (Å²) < 4.78 is 5.27. The molecule has 3 aromatic rings. The average Bonchev–Trinajstić information content (AvgIpc) is 3.19. The second-order valence-electron chi connectivity index (χ2n) is 9.19. The number of ether oxygens (including phenoxy) is 1. The van der Waals surface area contributed by atoms with Gasteiger partial charge in [0.1, 0.15) is 11.5 Å². The van der Waals surface area contributed by atoms with Crippen LogP contribution in [0, 0.1) is 6.92 Å². The van der Waals surface area contributed by atoms with E-state index in [1.807, 2.05) is 31.2 Å². The number of benzene rings is 2. The molecule has 2 saturated heterocycles. The lowest BCUT2D eigenvalue weighted by atomic mass is 9.94. The van der Waals surface area contributed by atoms with E-state index in [4.69, 9.17) is 4.74 Å². The van der Waals surface area contributed by atoms with Crippen molar-refractivity contribution in [2.75, 3.05) is 30.0 Å². The molecule has 1 N–H and O–H groups in total. The monoisotopic (exact) mass is 483 g/mol. The van der Waals surface area contributed by atoms with Crippen molar-refractivity contribution in [1.29, 1.82) is 0 Å². The van der Waals surface area contributed by atoms with E-state index >= 15 is 0 Å². The first-order chi connectivity index (χ1) is 17.5. The van der Waals surface area contributed by atoms with Gasteiger partial charge in [-0.3, -0.25) is 19.5 Å². The van der Waals surface area contributed by atoms with E-state index in [1.165, 1.54) is 24.2 Å². The van der Waals surface area contributed by atoms with Crippen LogP contribution in [0.3, 0.4) is 0 Å². The van der Waals surface area contributed by atoms with Crippen LogP contribution in [0.5, 0.6) is 5.75 Å². The smallest absolute Gasteiger partial charge is 0.300 e. The molecule has 2 aliphatic heterocycles. The van der Waals surface area contributed by atoms with Gasteiger partial charge in [-0.15, -0.1) is 0 Å². The number of amides is 1. The van der Waals surface area contributed by atoms with Crippen molar-refractivity contribution in [3.05, 3.63) is 89.3 Å². The van der Waals surface area contributed by atoms with Crippen molar-refractivity contribution in [2.24, 2.45) is 0 Å². The molecule has 2 fully saturated rings. The fourth-order valence-electron chi connectivity index (χ4n) is 5.11. The van der Waals surface area contributed by atoms with E-state index in [0.29, 0.717) is 22.6 Å². The van der Waals surface area contributed by atoms with Crippen molar-refractivity contribution in [3.8, 4) is 5.75 Å². The summed E-state index contributed by atoms with van der Waals surface area (Å²) in [4.78, 5) is 34.7. The molecule has 0 bridgehead atoms. The Labute approximate surface area is 210 Å². The summed E-state index contributed by atoms with van der Waals surface area (Å²) in [6.45, 7) is 3.86. The predicted molar refractivity (Wildman–Crippen MR) is 139 cm³/mol. The zero-order chi connectivity index (χ0) is 25.2. The maximum atomic E-state index is 13.4. The number of aromatic nitrogens is 1. The number of piperidine rings is 1. The highest BCUT2D eigenvalue weighted by Gasteiger charge is 2.47. The van der Waals surface area contributed by atoms with Gasteiger partial charge in [0.25, 0.3) is 11.7 Å². The lowest BCUT2D eigenvalue weighted by molar-refractivity contribution is -0.132. The molecule has 5 rings (SSSR count). The van der Waals surface area contributed by atoms with Crippen LogP contribution < -0.4 is 14.5 Å². The molecule has 2 aromatic carbocycles. The van der Waals surface area contributed by atoms with Gasteiger partial charge in [-0.2, -0.15) is 0 Å². The minimum atomic E-state index is -0.782. The van der Waals surface area contributed by atoms with E-state index in [0.717, 1.165) is 24.3 Å². The summed E-state index contributed by atoms with van der Waals surface area (Å²) in [6, 6.07) is 15.7. The Morgan fingerprint density at radius 2 is 1.61 bits per heavy atom. The molecule has 0 radical (unpaired) electrons. The normalized spacial score (nSPS) is 19.6. The lowest BCUT2D eigenvalue weighted by Gasteiger charge is -2.30. The number of aryl methyl sites for hydroxylation is 1. The maximum Gasteiger partial charge on any atom is 0.300 e. The molecule has 36 heavy (non-hydrogen) atoms. The topological polar surface area (TPSA) is 83.0 Å². The number of hydrogen-bond donors (Lipinski definition) is 1. The van der Waals surface area contributed by atoms with Crippen LogP contribution in [0.15, 0.2) is 72.6 Å². The highest BCUT2D eigenvalue weighted by atomic mass is 16.5. The number of hydrogen-bond acceptors (Lipinski definition) is 6. The van der Waals surface area contributed by atoms with Gasteiger partial charge in [0.05, 0.1) is 18.7 Å². The van der Waals surface area contributed by atoms with Gasteiger partial charge in [0, 0.05) is 42.4 Å². The maximum absolute atomic E-state index is 13.4. The quantitative estimate of drug-likeness (QED) is 0.312. The van der Waals surface area contributed by atoms with E-state index in [1.54, 1.807) is 49.8 Å². The summed E-state index contributed by atoms with van der Waals surface area (Å²) in [6.07, 6.45) is 6.83. The summed E-state index contributed by atoms with van der Waals surface area (Å²) in [5.41, 5.74) is 3.66. The molecular formula is C29H29N3O4. The molecule has 184 valence electrons. The van der Waals surface area contributed by atoms with Gasteiger partial charge in [0.15, 0.2) is 0 Å². The Kier molecular flexibility index (Phi) is 6.46. The first-order valence-electron chi connectivity index (χ1n) is 12.2. The Morgan fingerprint density at radius 3 is 2.25 bits per heavy atom. The molecule has 2 aliphatic rings. The van der Waals surface area contributed by atoms with Gasteiger partial charge >= 0.3 is 0 Å². The summed E-state index contributed by atoms with van der Waals surface area (Å²) in [5, 5.41) is 11.4. The Balaban J connectivity index is 1.60. The molecule has 1 aromatic heterocycles. The second-order valence-corrected chi connectivity index (χ2v) is 9.19.